The number of halogens is 1. The van der Waals surface area contributed by atoms with Gasteiger partial charge in [0.15, 0.2) is 0 Å². The van der Waals surface area contributed by atoms with Crippen LogP contribution in [0.15, 0.2) is 54.6 Å². The van der Waals surface area contributed by atoms with Crippen molar-refractivity contribution in [1.29, 1.82) is 0 Å². The fourth-order valence-corrected chi connectivity index (χ4v) is 1.97. The van der Waals surface area contributed by atoms with Crippen molar-refractivity contribution in [1.82, 2.24) is 5.32 Å². The van der Waals surface area contributed by atoms with Gasteiger partial charge in [-0.1, -0.05) is 60.1 Å². The normalized spacial score (nSPS) is 11.2. The van der Waals surface area contributed by atoms with E-state index in [2.05, 4.69) is 5.32 Å². The third kappa shape index (κ3) is 3.24. The van der Waals surface area contributed by atoms with Gasteiger partial charge in [0.1, 0.15) is 0 Å². The minimum Gasteiger partial charge on any atom is -0.355 e. The lowest BCUT2D eigenvalue weighted by molar-refractivity contribution is -0.115. The van der Waals surface area contributed by atoms with Crippen LogP contribution in [0.1, 0.15) is 11.1 Å². The first-order chi connectivity index (χ1) is 9.22. The maximum absolute atomic E-state index is 12.0. The van der Waals surface area contributed by atoms with Gasteiger partial charge >= 0.3 is 0 Å². The lowest BCUT2D eigenvalue weighted by Crippen LogP contribution is -2.19. The largest absolute Gasteiger partial charge is 0.355 e. The minimum atomic E-state index is -0.133. The predicted octanol–water partition coefficient (Wildman–Crippen LogP) is 3.63. The molecule has 19 heavy (non-hydrogen) atoms. The molecule has 0 aliphatic rings. The van der Waals surface area contributed by atoms with Gasteiger partial charge in [-0.05, 0) is 23.3 Å². The fourth-order valence-electron chi connectivity index (χ4n) is 1.78. The number of nitrogens with one attached hydrogen (secondary N) is 1. The number of likely N-dealkylation sites (N-methyl/N-ethyl adjacent to an activating group) is 1. The van der Waals surface area contributed by atoms with E-state index in [0.29, 0.717) is 10.6 Å². The highest BCUT2D eigenvalue weighted by atomic mass is 35.5. The molecule has 0 spiro atoms. The lowest BCUT2D eigenvalue weighted by atomic mass is 10.0. The maximum Gasteiger partial charge on any atom is 0.251 e. The monoisotopic (exact) mass is 271 g/mol. The van der Waals surface area contributed by atoms with Crippen LogP contribution in [0, 0.1) is 0 Å². The fraction of sp³-hybridized carbons (Fsp3) is 0.0625. The van der Waals surface area contributed by atoms with E-state index in [1.165, 1.54) is 0 Å². The van der Waals surface area contributed by atoms with Gasteiger partial charge in [-0.15, -0.1) is 0 Å². The Balaban J connectivity index is 2.51. The third-order valence-electron chi connectivity index (χ3n) is 2.76. The molecule has 0 heterocycles. The van der Waals surface area contributed by atoms with Crippen LogP contribution in [0.4, 0.5) is 0 Å². The molecule has 2 rings (SSSR count). The highest BCUT2D eigenvalue weighted by Crippen LogP contribution is 2.23. The van der Waals surface area contributed by atoms with Crippen LogP contribution >= 0.6 is 11.6 Å². The Morgan fingerprint density at radius 1 is 1.05 bits per heavy atom. The van der Waals surface area contributed by atoms with Crippen molar-refractivity contribution in [2.45, 2.75) is 0 Å². The van der Waals surface area contributed by atoms with Gasteiger partial charge < -0.3 is 5.32 Å². The Hall–Kier alpha value is -2.06. The summed E-state index contributed by atoms with van der Waals surface area (Å²) in [5.41, 5.74) is 2.28. The maximum atomic E-state index is 12.0. The number of carbonyl (C=O) groups excluding carboxylic acids is 1. The van der Waals surface area contributed by atoms with Crippen LogP contribution in [0.5, 0.6) is 0 Å². The van der Waals surface area contributed by atoms with E-state index < -0.39 is 0 Å². The van der Waals surface area contributed by atoms with Crippen LogP contribution in [0.3, 0.4) is 0 Å². The molecule has 0 bridgehead atoms. The molecule has 0 saturated carbocycles. The molecule has 0 saturated heterocycles. The SMILES string of the molecule is CNC(=O)/C(=C/c1ccccc1Cl)c1ccccc1. The average molecular weight is 272 g/mol. The van der Waals surface area contributed by atoms with Gasteiger partial charge in [0, 0.05) is 17.6 Å². The first-order valence-electron chi connectivity index (χ1n) is 5.96. The summed E-state index contributed by atoms with van der Waals surface area (Å²) in [6.45, 7) is 0. The number of rotatable bonds is 3. The van der Waals surface area contributed by atoms with E-state index in [4.69, 9.17) is 11.6 Å². The average Bonchev–Trinajstić information content (AvgIpc) is 2.46. The molecule has 0 aliphatic carbocycles. The molecule has 0 fully saturated rings. The second-order valence-corrected chi connectivity index (χ2v) is 4.43. The van der Waals surface area contributed by atoms with Crippen LogP contribution in [-0.4, -0.2) is 13.0 Å². The number of carbonyl (C=O) groups is 1. The molecule has 0 aromatic heterocycles. The Kier molecular flexibility index (Phi) is 4.37. The van der Waals surface area contributed by atoms with Crippen molar-refractivity contribution < 1.29 is 4.79 Å². The second kappa shape index (κ2) is 6.21. The smallest absolute Gasteiger partial charge is 0.251 e. The number of benzene rings is 2. The van der Waals surface area contributed by atoms with Crippen LogP contribution in [0.25, 0.3) is 11.6 Å². The molecule has 96 valence electrons. The summed E-state index contributed by atoms with van der Waals surface area (Å²) in [4.78, 5) is 12.0. The summed E-state index contributed by atoms with van der Waals surface area (Å²) >= 11 is 6.13. The topological polar surface area (TPSA) is 29.1 Å². The molecule has 2 aromatic carbocycles. The first kappa shape index (κ1) is 13.4. The van der Waals surface area contributed by atoms with Gasteiger partial charge in [0.2, 0.25) is 0 Å². The summed E-state index contributed by atoms with van der Waals surface area (Å²) < 4.78 is 0. The van der Waals surface area contributed by atoms with Crippen molar-refractivity contribution in [3.05, 3.63) is 70.7 Å². The number of hydrogen-bond donors (Lipinski definition) is 1. The molecule has 3 heteroatoms. The van der Waals surface area contributed by atoms with Crippen molar-refractivity contribution in [2.75, 3.05) is 7.05 Å². The zero-order valence-corrected chi connectivity index (χ0v) is 11.3. The van der Waals surface area contributed by atoms with Gasteiger partial charge in [-0.2, -0.15) is 0 Å². The Morgan fingerprint density at radius 2 is 1.68 bits per heavy atom. The van der Waals surface area contributed by atoms with Crippen LogP contribution in [-0.2, 0) is 4.79 Å². The molecule has 0 atom stereocenters. The zero-order valence-electron chi connectivity index (χ0n) is 10.6. The Bertz CT molecular complexity index is 605. The second-order valence-electron chi connectivity index (χ2n) is 4.02. The van der Waals surface area contributed by atoms with Crippen molar-refractivity contribution in [2.24, 2.45) is 0 Å². The van der Waals surface area contributed by atoms with Gasteiger partial charge in [0.25, 0.3) is 5.91 Å². The van der Waals surface area contributed by atoms with E-state index in [1.54, 1.807) is 19.2 Å². The minimum absolute atomic E-state index is 0.133. The lowest BCUT2D eigenvalue weighted by Gasteiger charge is -2.07. The van der Waals surface area contributed by atoms with Crippen LogP contribution < -0.4 is 5.32 Å². The van der Waals surface area contributed by atoms with Crippen molar-refractivity contribution in [3.8, 4) is 0 Å². The molecule has 1 N–H and O–H groups in total. The summed E-state index contributed by atoms with van der Waals surface area (Å²) in [7, 11) is 1.62. The van der Waals surface area contributed by atoms with Gasteiger partial charge in [-0.25, -0.2) is 0 Å². The molecule has 2 aromatic rings. The van der Waals surface area contributed by atoms with E-state index in [9.17, 15) is 4.79 Å². The van der Waals surface area contributed by atoms with Crippen molar-refractivity contribution >= 4 is 29.2 Å². The highest BCUT2D eigenvalue weighted by Gasteiger charge is 2.10. The Morgan fingerprint density at radius 3 is 2.32 bits per heavy atom. The van der Waals surface area contributed by atoms with E-state index >= 15 is 0 Å². The Labute approximate surface area is 117 Å². The van der Waals surface area contributed by atoms with Crippen molar-refractivity contribution in [3.63, 3.8) is 0 Å². The summed E-state index contributed by atoms with van der Waals surface area (Å²) in [5.74, 6) is -0.133. The number of amides is 1. The van der Waals surface area contributed by atoms with E-state index in [0.717, 1.165) is 11.1 Å². The van der Waals surface area contributed by atoms with Crippen LogP contribution in [0.2, 0.25) is 5.02 Å². The van der Waals surface area contributed by atoms with Gasteiger partial charge in [0.05, 0.1) is 0 Å². The molecule has 1 amide bonds. The molecule has 0 aliphatic heterocycles. The zero-order chi connectivity index (χ0) is 13.7. The van der Waals surface area contributed by atoms with E-state index in [-0.39, 0.29) is 5.91 Å². The summed E-state index contributed by atoms with van der Waals surface area (Å²) in [6, 6.07) is 17.0. The van der Waals surface area contributed by atoms with Gasteiger partial charge in [-0.3, -0.25) is 4.79 Å². The molecule has 0 unspecified atom stereocenters. The summed E-state index contributed by atoms with van der Waals surface area (Å²) in [5, 5.41) is 3.28. The number of hydrogen-bond acceptors (Lipinski definition) is 1. The predicted molar refractivity (Wildman–Crippen MR) is 79.8 cm³/mol. The molecular weight excluding hydrogens is 258 g/mol. The highest BCUT2D eigenvalue weighted by molar-refractivity contribution is 6.33. The molecule has 2 nitrogen and oxygen atoms in total. The quantitative estimate of drug-likeness (QED) is 0.670. The first-order valence-corrected chi connectivity index (χ1v) is 6.34. The van der Waals surface area contributed by atoms with E-state index in [1.807, 2.05) is 48.5 Å². The molecular formula is C16H14ClNO. The standard InChI is InChI=1S/C16H14ClNO/c1-18-16(19)14(12-7-3-2-4-8-12)11-13-9-5-6-10-15(13)17/h2-11H,1H3,(H,18,19)/b14-11+. The summed E-state index contributed by atoms with van der Waals surface area (Å²) in [6.07, 6.45) is 1.80. The third-order valence-corrected chi connectivity index (χ3v) is 3.11. The molecule has 0 radical (unpaired) electrons.